The average molecular weight is 289 g/mol. The summed E-state index contributed by atoms with van der Waals surface area (Å²) in [6.45, 7) is 2.18. The third-order valence-corrected chi connectivity index (χ3v) is 5.84. The molecule has 2 aromatic rings. The van der Waals surface area contributed by atoms with Gasteiger partial charge in [-0.3, -0.25) is 0 Å². The number of nitrogens with one attached hydrogen (secondary N) is 1. The van der Waals surface area contributed by atoms with E-state index in [1.165, 1.54) is 39.8 Å². The van der Waals surface area contributed by atoms with Crippen LogP contribution in [0.1, 0.15) is 11.3 Å². The fourth-order valence-electron chi connectivity index (χ4n) is 2.37. The van der Waals surface area contributed by atoms with Crippen molar-refractivity contribution in [3.63, 3.8) is 0 Å². The molecular formula is C16H19NS2. The van der Waals surface area contributed by atoms with Crippen LogP contribution in [0.15, 0.2) is 42.5 Å². The van der Waals surface area contributed by atoms with Crippen molar-refractivity contribution in [2.45, 2.75) is 13.0 Å². The number of hydrogen-bond acceptors (Lipinski definition) is 3. The van der Waals surface area contributed by atoms with E-state index < -0.39 is 0 Å². The van der Waals surface area contributed by atoms with Gasteiger partial charge < -0.3 is 5.32 Å². The Kier molecular flexibility index (Phi) is 4.59. The monoisotopic (exact) mass is 289 g/mol. The first-order chi connectivity index (χ1) is 9.42. The second kappa shape index (κ2) is 6.60. The van der Waals surface area contributed by atoms with E-state index in [0.29, 0.717) is 0 Å². The van der Waals surface area contributed by atoms with Crippen LogP contribution in [0.25, 0.3) is 10.4 Å². The molecule has 1 aliphatic heterocycles. The van der Waals surface area contributed by atoms with Crippen molar-refractivity contribution in [2.24, 2.45) is 5.92 Å². The van der Waals surface area contributed by atoms with E-state index in [0.717, 1.165) is 12.5 Å². The van der Waals surface area contributed by atoms with Gasteiger partial charge in [0.2, 0.25) is 0 Å². The van der Waals surface area contributed by atoms with Crippen LogP contribution in [0, 0.1) is 5.92 Å². The minimum absolute atomic E-state index is 0.888. The minimum atomic E-state index is 0.888. The average Bonchev–Trinajstić information content (AvgIpc) is 3.11. The van der Waals surface area contributed by atoms with Gasteiger partial charge in [-0.1, -0.05) is 30.3 Å². The van der Waals surface area contributed by atoms with Gasteiger partial charge in [-0.05, 0) is 48.1 Å². The predicted molar refractivity (Wildman–Crippen MR) is 86.9 cm³/mol. The molecule has 1 unspecified atom stereocenters. The largest absolute Gasteiger partial charge is 0.312 e. The molecule has 1 fully saturated rings. The molecular weight excluding hydrogens is 270 g/mol. The molecule has 3 rings (SSSR count). The summed E-state index contributed by atoms with van der Waals surface area (Å²) in [7, 11) is 0. The molecule has 0 saturated carbocycles. The summed E-state index contributed by atoms with van der Waals surface area (Å²) in [6.07, 6.45) is 1.39. The standard InChI is InChI=1S/C16H19NS2/c1-2-4-14(5-3-1)16-7-6-15(19-16)11-17-10-13-8-9-18-12-13/h1-7,13,17H,8-12H2. The van der Waals surface area contributed by atoms with Crippen molar-refractivity contribution < 1.29 is 0 Å². The van der Waals surface area contributed by atoms with Crippen LogP contribution in [0.2, 0.25) is 0 Å². The summed E-state index contributed by atoms with van der Waals surface area (Å²) in [5.74, 6) is 3.58. The molecule has 19 heavy (non-hydrogen) atoms. The summed E-state index contributed by atoms with van der Waals surface area (Å²) >= 11 is 3.99. The molecule has 0 radical (unpaired) electrons. The quantitative estimate of drug-likeness (QED) is 0.883. The Hall–Kier alpha value is -0.770. The molecule has 0 bridgehead atoms. The Bertz CT molecular complexity index is 500. The fourth-order valence-corrected chi connectivity index (χ4v) is 4.64. The van der Waals surface area contributed by atoms with E-state index >= 15 is 0 Å². The van der Waals surface area contributed by atoms with Crippen LogP contribution >= 0.6 is 23.1 Å². The van der Waals surface area contributed by atoms with Crippen LogP contribution in [0.5, 0.6) is 0 Å². The van der Waals surface area contributed by atoms with Gasteiger partial charge in [-0.2, -0.15) is 11.8 Å². The topological polar surface area (TPSA) is 12.0 Å². The highest BCUT2D eigenvalue weighted by Crippen LogP contribution is 2.28. The van der Waals surface area contributed by atoms with Crippen LogP contribution in [0.4, 0.5) is 0 Å². The van der Waals surface area contributed by atoms with Gasteiger partial charge in [0.15, 0.2) is 0 Å². The summed E-state index contributed by atoms with van der Waals surface area (Å²) < 4.78 is 0. The molecule has 0 amide bonds. The van der Waals surface area contributed by atoms with Crippen molar-refractivity contribution >= 4 is 23.1 Å². The lowest BCUT2D eigenvalue weighted by Crippen LogP contribution is -2.21. The third kappa shape index (κ3) is 3.62. The molecule has 1 aliphatic rings. The van der Waals surface area contributed by atoms with Gasteiger partial charge in [0.05, 0.1) is 0 Å². The van der Waals surface area contributed by atoms with Crippen molar-refractivity contribution in [3.05, 3.63) is 47.3 Å². The van der Waals surface area contributed by atoms with E-state index in [1.54, 1.807) is 0 Å². The molecule has 0 spiro atoms. The second-order valence-electron chi connectivity index (χ2n) is 4.99. The Balaban J connectivity index is 1.53. The fraction of sp³-hybridized carbons (Fsp3) is 0.375. The Morgan fingerprint density at radius 1 is 1.11 bits per heavy atom. The van der Waals surface area contributed by atoms with Crippen molar-refractivity contribution in [2.75, 3.05) is 18.1 Å². The van der Waals surface area contributed by atoms with Crippen LogP contribution in [0.3, 0.4) is 0 Å². The molecule has 0 aliphatic carbocycles. The van der Waals surface area contributed by atoms with Crippen molar-refractivity contribution in [1.82, 2.24) is 5.32 Å². The highest BCUT2D eigenvalue weighted by Gasteiger charge is 2.14. The molecule has 1 aromatic heterocycles. The Morgan fingerprint density at radius 2 is 2.00 bits per heavy atom. The first-order valence-corrected chi connectivity index (χ1v) is 8.81. The molecule has 1 nitrogen and oxygen atoms in total. The highest BCUT2D eigenvalue weighted by molar-refractivity contribution is 7.99. The molecule has 1 N–H and O–H groups in total. The van der Waals surface area contributed by atoms with Gasteiger partial charge in [0.25, 0.3) is 0 Å². The van der Waals surface area contributed by atoms with Gasteiger partial charge in [-0.25, -0.2) is 0 Å². The zero-order valence-electron chi connectivity index (χ0n) is 11.0. The van der Waals surface area contributed by atoms with E-state index in [2.05, 4.69) is 59.5 Å². The van der Waals surface area contributed by atoms with Gasteiger partial charge in [0, 0.05) is 16.3 Å². The molecule has 3 heteroatoms. The van der Waals surface area contributed by atoms with E-state index in [1.807, 2.05) is 11.3 Å². The van der Waals surface area contributed by atoms with Crippen molar-refractivity contribution in [3.8, 4) is 10.4 Å². The minimum Gasteiger partial charge on any atom is -0.312 e. The number of thioether (sulfide) groups is 1. The number of hydrogen-bond donors (Lipinski definition) is 1. The summed E-state index contributed by atoms with van der Waals surface area (Å²) in [5.41, 5.74) is 1.32. The maximum atomic E-state index is 3.61. The zero-order valence-corrected chi connectivity index (χ0v) is 12.6. The Labute approximate surface area is 123 Å². The summed E-state index contributed by atoms with van der Waals surface area (Å²) in [5, 5.41) is 3.61. The molecule has 1 atom stereocenters. The molecule has 2 heterocycles. The number of thiophene rings is 1. The summed E-state index contributed by atoms with van der Waals surface area (Å²) in [4.78, 5) is 2.80. The summed E-state index contributed by atoms with van der Waals surface area (Å²) in [6, 6.07) is 15.1. The maximum absolute atomic E-state index is 3.61. The normalized spacial score (nSPS) is 18.8. The number of benzene rings is 1. The lowest BCUT2D eigenvalue weighted by atomic mass is 10.1. The molecule has 1 aromatic carbocycles. The van der Waals surface area contributed by atoms with E-state index in [4.69, 9.17) is 0 Å². The molecule has 100 valence electrons. The van der Waals surface area contributed by atoms with E-state index in [9.17, 15) is 0 Å². The SMILES string of the molecule is c1ccc(-c2ccc(CNCC3CCSC3)s2)cc1. The lowest BCUT2D eigenvalue weighted by Gasteiger charge is -2.08. The third-order valence-electron chi connectivity index (χ3n) is 3.48. The smallest absolute Gasteiger partial charge is 0.0346 e. The second-order valence-corrected chi connectivity index (χ2v) is 7.31. The zero-order chi connectivity index (χ0) is 12.9. The first kappa shape index (κ1) is 13.2. The van der Waals surface area contributed by atoms with Gasteiger partial charge in [0.1, 0.15) is 0 Å². The maximum Gasteiger partial charge on any atom is 0.0346 e. The Morgan fingerprint density at radius 3 is 2.79 bits per heavy atom. The van der Waals surface area contributed by atoms with Gasteiger partial charge >= 0.3 is 0 Å². The van der Waals surface area contributed by atoms with Gasteiger partial charge in [-0.15, -0.1) is 11.3 Å². The predicted octanol–water partition coefficient (Wildman–Crippen LogP) is 4.26. The van der Waals surface area contributed by atoms with Crippen LogP contribution < -0.4 is 5.32 Å². The highest BCUT2D eigenvalue weighted by atomic mass is 32.2. The van der Waals surface area contributed by atoms with E-state index in [-0.39, 0.29) is 0 Å². The number of rotatable bonds is 5. The first-order valence-electron chi connectivity index (χ1n) is 6.84. The van der Waals surface area contributed by atoms with Crippen molar-refractivity contribution in [1.29, 1.82) is 0 Å². The molecule has 1 saturated heterocycles. The lowest BCUT2D eigenvalue weighted by molar-refractivity contribution is 0.525. The van der Waals surface area contributed by atoms with Crippen LogP contribution in [-0.2, 0) is 6.54 Å². The van der Waals surface area contributed by atoms with Crippen LogP contribution in [-0.4, -0.2) is 18.1 Å².